The average Bonchev–Trinajstić information content (AvgIpc) is 2.12. The van der Waals surface area contributed by atoms with Crippen LogP contribution in [0.4, 0.5) is 4.79 Å². The molecule has 0 unspecified atom stereocenters. The van der Waals surface area contributed by atoms with Crippen molar-refractivity contribution in [2.75, 3.05) is 19.7 Å². The van der Waals surface area contributed by atoms with Crippen molar-refractivity contribution in [1.29, 1.82) is 0 Å². The summed E-state index contributed by atoms with van der Waals surface area (Å²) in [6.45, 7) is 1.40. The number of amides is 3. The number of esters is 1. The van der Waals surface area contributed by atoms with Gasteiger partial charge in [0.15, 0.2) is 0 Å². The maximum Gasteiger partial charge on any atom is 0.325 e. The van der Waals surface area contributed by atoms with Crippen molar-refractivity contribution in [2.24, 2.45) is 5.73 Å². The first-order valence-electron chi connectivity index (χ1n) is 4.02. The molecule has 3 amide bonds. The molecule has 0 spiro atoms. The van der Waals surface area contributed by atoms with Gasteiger partial charge in [-0.05, 0) is 6.92 Å². The quantitative estimate of drug-likeness (QED) is 0.464. The molecule has 0 saturated heterocycles. The van der Waals surface area contributed by atoms with Gasteiger partial charge < -0.3 is 21.1 Å². The van der Waals surface area contributed by atoms with Gasteiger partial charge in [0.2, 0.25) is 5.91 Å². The van der Waals surface area contributed by atoms with E-state index in [1.807, 2.05) is 0 Å². The van der Waals surface area contributed by atoms with Gasteiger partial charge >= 0.3 is 12.0 Å². The third-order valence-electron chi connectivity index (χ3n) is 1.12. The van der Waals surface area contributed by atoms with Gasteiger partial charge in [-0.2, -0.15) is 0 Å². The van der Waals surface area contributed by atoms with E-state index < -0.39 is 17.9 Å². The Kier molecular flexibility index (Phi) is 5.84. The summed E-state index contributed by atoms with van der Waals surface area (Å²) >= 11 is 0. The van der Waals surface area contributed by atoms with Crippen LogP contribution < -0.4 is 16.4 Å². The lowest BCUT2D eigenvalue weighted by Crippen LogP contribution is -2.42. The van der Waals surface area contributed by atoms with Crippen LogP contribution in [0.1, 0.15) is 6.92 Å². The zero-order valence-corrected chi connectivity index (χ0v) is 7.83. The van der Waals surface area contributed by atoms with Crippen LogP contribution in [0.25, 0.3) is 0 Å². The van der Waals surface area contributed by atoms with E-state index in [1.165, 1.54) is 0 Å². The molecular weight excluding hydrogens is 190 g/mol. The van der Waals surface area contributed by atoms with Crippen LogP contribution in [-0.4, -0.2) is 37.6 Å². The summed E-state index contributed by atoms with van der Waals surface area (Å²) in [6, 6.07) is -0.642. The molecule has 0 fully saturated rings. The van der Waals surface area contributed by atoms with Crippen molar-refractivity contribution in [1.82, 2.24) is 10.6 Å². The maximum atomic E-state index is 10.8. The Balaban J connectivity index is 3.53. The van der Waals surface area contributed by atoms with Gasteiger partial charge in [0.05, 0.1) is 13.2 Å². The van der Waals surface area contributed by atoms with E-state index in [2.05, 4.69) is 15.4 Å². The molecule has 14 heavy (non-hydrogen) atoms. The van der Waals surface area contributed by atoms with Crippen molar-refractivity contribution in [3.63, 3.8) is 0 Å². The summed E-state index contributed by atoms with van der Waals surface area (Å²) < 4.78 is 4.54. The number of rotatable bonds is 5. The van der Waals surface area contributed by atoms with Crippen LogP contribution in [0.2, 0.25) is 0 Å². The SMILES string of the molecule is CCOC(=O)CNC(=O)NCC(N)=O. The molecule has 0 aliphatic carbocycles. The number of primary amides is 1. The highest BCUT2D eigenvalue weighted by molar-refractivity contribution is 5.84. The number of nitrogens with two attached hydrogens (primary N) is 1. The zero-order chi connectivity index (χ0) is 11.0. The molecule has 0 aliphatic heterocycles. The lowest BCUT2D eigenvalue weighted by molar-refractivity contribution is -0.141. The van der Waals surface area contributed by atoms with Crippen LogP contribution in [0.3, 0.4) is 0 Å². The van der Waals surface area contributed by atoms with E-state index in [9.17, 15) is 14.4 Å². The number of ether oxygens (including phenoxy) is 1. The van der Waals surface area contributed by atoms with Gasteiger partial charge in [0.1, 0.15) is 6.54 Å². The highest BCUT2D eigenvalue weighted by atomic mass is 16.5. The molecule has 0 aromatic carbocycles. The molecule has 7 heteroatoms. The second kappa shape index (κ2) is 6.70. The van der Waals surface area contributed by atoms with Gasteiger partial charge in [-0.3, -0.25) is 9.59 Å². The van der Waals surface area contributed by atoms with Crippen molar-refractivity contribution < 1.29 is 19.1 Å². The number of hydrogen-bond acceptors (Lipinski definition) is 4. The fraction of sp³-hybridized carbons (Fsp3) is 0.571. The van der Waals surface area contributed by atoms with E-state index in [-0.39, 0.29) is 19.7 Å². The molecule has 0 aromatic heterocycles. The minimum atomic E-state index is -0.656. The van der Waals surface area contributed by atoms with Crippen molar-refractivity contribution >= 4 is 17.9 Å². The molecular formula is C7H13N3O4. The lowest BCUT2D eigenvalue weighted by atomic mass is 10.6. The molecule has 0 radical (unpaired) electrons. The normalized spacial score (nSPS) is 8.93. The van der Waals surface area contributed by atoms with Gasteiger partial charge in [-0.15, -0.1) is 0 Å². The number of hydrogen-bond donors (Lipinski definition) is 3. The Labute approximate surface area is 81.0 Å². The monoisotopic (exact) mass is 203 g/mol. The first-order valence-corrected chi connectivity index (χ1v) is 4.02. The molecule has 0 heterocycles. The van der Waals surface area contributed by atoms with Crippen molar-refractivity contribution in [3.8, 4) is 0 Å². The van der Waals surface area contributed by atoms with Gasteiger partial charge in [-0.25, -0.2) is 4.79 Å². The third-order valence-corrected chi connectivity index (χ3v) is 1.12. The average molecular weight is 203 g/mol. The molecule has 0 saturated carbocycles. The van der Waals surface area contributed by atoms with Crippen LogP contribution in [0, 0.1) is 0 Å². The zero-order valence-electron chi connectivity index (χ0n) is 7.83. The van der Waals surface area contributed by atoms with E-state index in [0.29, 0.717) is 0 Å². The predicted octanol–water partition coefficient (Wildman–Crippen LogP) is -1.67. The summed E-state index contributed by atoms with van der Waals surface area (Å²) in [6.07, 6.45) is 0. The Bertz CT molecular complexity index is 229. The van der Waals surface area contributed by atoms with E-state index in [1.54, 1.807) is 6.92 Å². The molecule has 7 nitrogen and oxygen atoms in total. The predicted molar refractivity (Wildman–Crippen MR) is 47.2 cm³/mol. The molecule has 80 valence electrons. The summed E-state index contributed by atoms with van der Waals surface area (Å²) in [4.78, 5) is 31.8. The minimum Gasteiger partial charge on any atom is -0.465 e. The molecule has 0 bridgehead atoms. The molecule has 0 rings (SSSR count). The summed E-state index contributed by atoms with van der Waals surface area (Å²) in [5.74, 6) is -1.20. The Morgan fingerprint density at radius 3 is 2.29 bits per heavy atom. The molecule has 0 aromatic rings. The standard InChI is InChI=1S/C7H13N3O4/c1-2-14-6(12)4-10-7(13)9-3-5(8)11/h2-4H2,1H3,(H2,8,11)(H2,9,10,13). The topological polar surface area (TPSA) is 111 Å². The van der Waals surface area contributed by atoms with Gasteiger partial charge in [-0.1, -0.05) is 0 Å². The second-order valence-electron chi connectivity index (χ2n) is 2.31. The Morgan fingerprint density at radius 2 is 1.79 bits per heavy atom. The Hall–Kier alpha value is -1.79. The summed E-state index contributed by atoms with van der Waals surface area (Å²) in [5.41, 5.74) is 4.77. The lowest BCUT2D eigenvalue weighted by Gasteiger charge is -2.05. The highest BCUT2D eigenvalue weighted by Gasteiger charge is 2.05. The van der Waals surface area contributed by atoms with Crippen LogP contribution >= 0.6 is 0 Å². The largest absolute Gasteiger partial charge is 0.465 e. The molecule has 0 atom stereocenters. The number of urea groups is 1. The Morgan fingerprint density at radius 1 is 1.21 bits per heavy atom. The fourth-order valence-electron chi connectivity index (χ4n) is 0.594. The van der Waals surface area contributed by atoms with Crippen LogP contribution in [0.15, 0.2) is 0 Å². The minimum absolute atomic E-state index is 0.238. The van der Waals surface area contributed by atoms with Crippen molar-refractivity contribution in [3.05, 3.63) is 0 Å². The first-order chi connectivity index (χ1) is 6.56. The third kappa shape index (κ3) is 6.89. The van der Waals surface area contributed by atoms with Gasteiger partial charge in [0, 0.05) is 0 Å². The molecule has 0 aliphatic rings. The summed E-state index contributed by atoms with van der Waals surface area (Å²) in [7, 11) is 0. The van der Waals surface area contributed by atoms with Crippen molar-refractivity contribution in [2.45, 2.75) is 6.92 Å². The second-order valence-corrected chi connectivity index (χ2v) is 2.31. The highest BCUT2D eigenvalue weighted by Crippen LogP contribution is 1.75. The van der Waals surface area contributed by atoms with Gasteiger partial charge in [0.25, 0.3) is 0 Å². The van der Waals surface area contributed by atoms with Crippen LogP contribution in [-0.2, 0) is 14.3 Å². The van der Waals surface area contributed by atoms with E-state index in [4.69, 9.17) is 5.73 Å². The molecule has 4 N–H and O–H groups in total. The van der Waals surface area contributed by atoms with E-state index >= 15 is 0 Å². The van der Waals surface area contributed by atoms with Crippen LogP contribution in [0.5, 0.6) is 0 Å². The number of nitrogens with one attached hydrogen (secondary N) is 2. The number of carbonyl (C=O) groups excluding carboxylic acids is 3. The number of carbonyl (C=O) groups is 3. The fourth-order valence-corrected chi connectivity index (χ4v) is 0.594. The van der Waals surface area contributed by atoms with E-state index in [0.717, 1.165) is 0 Å². The summed E-state index contributed by atoms with van der Waals surface area (Å²) in [5, 5.41) is 4.34. The first kappa shape index (κ1) is 12.2. The maximum absolute atomic E-state index is 10.8. The smallest absolute Gasteiger partial charge is 0.325 e.